The SMILES string of the molecule is Cc1nnc(NCC2(N[C@@H](C)c3ccccc3)CCOCC2)s1. The van der Waals surface area contributed by atoms with E-state index in [-0.39, 0.29) is 5.54 Å². The van der Waals surface area contributed by atoms with Crippen molar-refractivity contribution in [1.29, 1.82) is 0 Å². The summed E-state index contributed by atoms with van der Waals surface area (Å²) in [5, 5.41) is 17.4. The van der Waals surface area contributed by atoms with Crippen LogP contribution in [0.4, 0.5) is 5.13 Å². The minimum absolute atomic E-state index is 0.0209. The molecular formula is C17H24N4OS. The van der Waals surface area contributed by atoms with Crippen LogP contribution in [0.1, 0.15) is 36.4 Å². The maximum absolute atomic E-state index is 5.58. The van der Waals surface area contributed by atoms with Crippen LogP contribution in [0, 0.1) is 6.92 Å². The Kier molecular flexibility index (Phi) is 5.25. The number of ether oxygens (including phenoxy) is 1. The van der Waals surface area contributed by atoms with E-state index in [0.29, 0.717) is 6.04 Å². The molecule has 1 saturated heterocycles. The average molecular weight is 332 g/mol. The van der Waals surface area contributed by atoms with Crippen LogP contribution in [0.25, 0.3) is 0 Å². The third-order valence-electron chi connectivity index (χ3n) is 4.38. The monoisotopic (exact) mass is 332 g/mol. The van der Waals surface area contributed by atoms with Gasteiger partial charge in [-0.05, 0) is 32.3 Å². The van der Waals surface area contributed by atoms with E-state index in [1.807, 2.05) is 6.92 Å². The molecule has 1 aliphatic rings. The molecule has 1 fully saturated rings. The van der Waals surface area contributed by atoms with Crippen LogP contribution in [0.15, 0.2) is 30.3 Å². The van der Waals surface area contributed by atoms with Gasteiger partial charge in [0.25, 0.3) is 0 Å². The lowest BCUT2D eigenvalue weighted by Crippen LogP contribution is -2.54. The molecule has 0 saturated carbocycles. The highest BCUT2D eigenvalue weighted by atomic mass is 32.1. The maximum Gasteiger partial charge on any atom is 0.205 e. The Morgan fingerprint density at radius 2 is 1.96 bits per heavy atom. The van der Waals surface area contributed by atoms with E-state index in [0.717, 1.165) is 42.7 Å². The molecule has 2 aromatic rings. The van der Waals surface area contributed by atoms with Gasteiger partial charge in [-0.3, -0.25) is 0 Å². The predicted octanol–water partition coefficient (Wildman–Crippen LogP) is 3.16. The number of rotatable bonds is 6. The second kappa shape index (κ2) is 7.38. The summed E-state index contributed by atoms with van der Waals surface area (Å²) >= 11 is 1.60. The predicted molar refractivity (Wildman–Crippen MR) is 93.9 cm³/mol. The third kappa shape index (κ3) is 4.28. The van der Waals surface area contributed by atoms with Crippen molar-refractivity contribution in [3.05, 3.63) is 40.9 Å². The molecule has 5 nitrogen and oxygen atoms in total. The summed E-state index contributed by atoms with van der Waals surface area (Å²) in [6.07, 6.45) is 1.99. The van der Waals surface area contributed by atoms with Gasteiger partial charge >= 0.3 is 0 Å². The summed E-state index contributed by atoms with van der Waals surface area (Å²) in [6, 6.07) is 10.9. The molecule has 1 aliphatic heterocycles. The Balaban J connectivity index is 1.68. The number of anilines is 1. The lowest BCUT2D eigenvalue weighted by Gasteiger charge is -2.40. The molecule has 0 spiro atoms. The molecule has 23 heavy (non-hydrogen) atoms. The van der Waals surface area contributed by atoms with Crippen molar-refractivity contribution in [2.24, 2.45) is 0 Å². The summed E-state index contributed by atoms with van der Waals surface area (Å²) in [4.78, 5) is 0. The Morgan fingerprint density at radius 1 is 1.22 bits per heavy atom. The van der Waals surface area contributed by atoms with Gasteiger partial charge in [-0.25, -0.2) is 0 Å². The topological polar surface area (TPSA) is 59.1 Å². The zero-order valence-electron chi connectivity index (χ0n) is 13.7. The van der Waals surface area contributed by atoms with Gasteiger partial charge in [-0.15, -0.1) is 10.2 Å². The van der Waals surface area contributed by atoms with Crippen molar-refractivity contribution < 1.29 is 4.74 Å². The molecule has 2 heterocycles. The first-order valence-corrected chi connectivity index (χ1v) is 8.93. The van der Waals surface area contributed by atoms with E-state index in [4.69, 9.17) is 4.74 Å². The van der Waals surface area contributed by atoms with Crippen LogP contribution < -0.4 is 10.6 Å². The van der Waals surface area contributed by atoms with Gasteiger partial charge < -0.3 is 15.4 Å². The molecule has 6 heteroatoms. The van der Waals surface area contributed by atoms with Crippen molar-refractivity contribution in [3.8, 4) is 0 Å². The van der Waals surface area contributed by atoms with Gasteiger partial charge in [0.2, 0.25) is 5.13 Å². The van der Waals surface area contributed by atoms with Gasteiger partial charge in [0, 0.05) is 31.3 Å². The van der Waals surface area contributed by atoms with Gasteiger partial charge in [0.1, 0.15) is 5.01 Å². The molecule has 1 atom stereocenters. The second-order valence-electron chi connectivity index (χ2n) is 6.15. The zero-order valence-corrected chi connectivity index (χ0v) is 14.5. The van der Waals surface area contributed by atoms with Crippen LogP contribution >= 0.6 is 11.3 Å². The summed E-state index contributed by atoms with van der Waals surface area (Å²) in [7, 11) is 0. The Morgan fingerprint density at radius 3 is 2.61 bits per heavy atom. The summed E-state index contributed by atoms with van der Waals surface area (Å²) < 4.78 is 5.58. The van der Waals surface area contributed by atoms with Crippen LogP contribution in [0.3, 0.4) is 0 Å². The largest absolute Gasteiger partial charge is 0.381 e. The Hall–Kier alpha value is -1.50. The molecule has 1 aromatic carbocycles. The lowest BCUT2D eigenvalue weighted by molar-refractivity contribution is 0.0389. The highest BCUT2D eigenvalue weighted by Crippen LogP contribution is 2.26. The Bertz CT molecular complexity index is 610. The van der Waals surface area contributed by atoms with Gasteiger partial charge in [0.15, 0.2) is 0 Å². The first-order chi connectivity index (χ1) is 11.2. The standard InChI is InChI=1S/C17H24N4OS/c1-13(15-6-4-3-5-7-15)19-17(8-10-22-11-9-17)12-18-16-21-20-14(2)23-16/h3-7,13,19H,8-12H2,1-2H3,(H,18,21)/t13-/m0/s1. The smallest absolute Gasteiger partial charge is 0.205 e. The van der Waals surface area contributed by atoms with Crippen molar-refractivity contribution >= 4 is 16.5 Å². The van der Waals surface area contributed by atoms with Crippen LogP contribution in [0.5, 0.6) is 0 Å². The number of nitrogens with one attached hydrogen (secondary N) is 2. The van der Waals surface area contributed by atoms with Crippen molar-refractivity contribution in [3.63, 3.8) is 0 Å². The molecule has 0 bridgehead atoms. The van der Waals surface area contributed by atoms with E-state index in [1.54, 1.807) is 11.3 Å². The van der Waals surface area contributed by atoms with Gasteiger partial charge in [0.05, 0.1) is 0 Å². The second-order valence-corrected chi connectivity index (χ2v) is 7.33. The average Bonchev–Trinajstić information content (AvgIpc) is 3.00. The van der Waals surface area contributed by atoms with E-state index >= 15 is 0 Å². The number of nitrogens with zero attached hydrogens (tertiary/aromatic N) is 2. The molecule has 0 aliphatic carbocycles. The van der Waals surface area contributed by atoms with Crippen LogP contribution in [0.2, 0.25) is 0 Å². The lowest BCUT2D eigenvalue weighted by atomic mass is 9.88. The summed E-state index contributed by atoms with van der Waals surface area (Å²) in [5.41, 5.74) is 1.33. The molecule has 2 N–H and O–H groups in total. The van der Waals surface area contributed by atoms with Crippen molar-refractivity contribution in [2.75, 3.05) is 25.1 Å². The maximum atomic E-state index is 5.58. The first-order valence-electron chi connectivity index (χ1n) is 8.11. The highest BCUT2D eigenvalue weighted by Gasteiger charge is 2.34. The molecule has 0 amide bonds. The number of aryl methyl sites for hydroxylation is 1. The summed E-state index contributed by atoms with van der Waals surface area (Å²) in [6.45, 7) is 6.63. The molecule has 0 radical (unpaired) electrons. The quantitative estimate of drug-likeness (QED) is 0.851. The summed E-state index contributed by atoms with van der Waals surface area (Å²) in [5.74, 6) is 0. The molecule has 124 valence electrons. The van der Waals surface area contributed by atoms with E-state index in [9.17, 15) is 0 Å². The minimum Gasteiger partial charge on any atom is -0.381 e. The first kappa shape index (κ1) is 16.4. The number of hydrogen-bond acceptors (Lipinski definition) is 6. The molecule has 3 rings (SSSR count). The number of hydrogen-bond donors (Lipinski definition) is 2. The molecular weight excluding hydrogens is 308 g/mol. The fraction of sp³-hybridized carbons (Fsp3) is 0.529. The van der Waals surface area contributed by atoms with E-state index < -0.39 is 0 Å². The highest BCUT2D eigenvalue weighted by molar-refractivity contribution is 7.15. The fourth-order valence-corrected chi connectivity index (χ4v) is 3.62. The third-order valence-corrected chi connectivity index (χ3v) is 5.17. The molecule has 0 unspecified atom stereocenters. The normalized spacial score (nSPS) is 18.5. The van der Waals surface area contributed by atoms with E-state index in [1.165, 1.54) is 5.56 Å². The van der Waals surface area contributed by atoms with Crippen molar-refractivity contribution in [1.82, 2.24) is 15.5 Å². The van der Waals surface area contributed by atoms with Crippen molar-refractivity contribution in [2.45, 2.75) is 38.3 Å². The van der Waals surface area contributed by atoms with Gasteiger partial charge in [-0.1, -0.05) is 41.7 Å². The molecule has 1 aromatic heterocycles. The zero-order chi connectivity index (χ0) is 16.1. The minimum atomic E-state index is 0.0209. The number of benzene rings is 1. The fourth-order valence-electron chi connectivity index (χ4n) is 3.03. The van der Waals surface area contributed by atoms with Crippen LogP contribution in [-0.2, 0) is 4.74 Å². The Labute approximate surface area is 141 Å². The van der Waals surface area contributed by atoms with Gasteiger partial charge in [-0.2, -0.15) is 0 Å². The number of aromatic nitrogens is 2. The van der Waals surface area contributed by atoms with Crippen LogP contribution in [-0.4, -0.2) is 35.5 Å². The van der Waals surface area contributed by atoms with E-state index in [2.05, 4.69) is 58.1 Å².